The number of amides is 1. The van der Waals surface area contributed by atoms with Gasteiger partial charge in [0.25, 0.3) is 0 Å². The SMILES string of the molecule is COC(=O)[C@H](CCC(=O)C=[N+]=[N-])NC(=O)[C@H](C)SC. The molecule has 0 aromatic carbocycles. The van der Waals surface area contributed by atoms with E-state index in [9.17, 15) is 14.4 Å². The summed E-state index contributed by atoms with van der Waals surface area (Å²) in [5.74, 6) is -1.36. The van der Waals surface area contributed by atoms with Gasteiger partial charge >= 0.3 is 12.2 Å². The van der Waals surface area contributed by atoms with Crippen molar-refractivity contribution in [1.82, 2.24) is 5.32 Å². The molecule has 0 unspecified atom stereocenters. The number of esters is 1. The van der Waals surface area contributed by atoms with Crippen LogP contribution >= 0.6 is 11.8 Å². The van der Waals surface area contributed by atoms with Gasteiger partial charge in [0.05, 0.1) is 12.4 Å². The summed E-state index contributed by atoms with van der Waals surface area (Å²) in [5.41, 5.74) is 8.19. The van der Waals surface area contributed by atoms with E-state index in [0.717, 1.165) is 6.21 Å². The van der Waals surface area contributed by atoms with Crippen molar-refractivity contribution in [2.24, 2.45) is 0 Å². The highest BCUT2D eigenvalue weighted by Gasteiger charge is 2.24. The fourth-order valence-corrected chi connectivity index (χ4v) is 1.48. The lowest BCUT2D eigenvalue weighted by molar-refractivity contribution is -0.145. The van der Waals surface area contributed by atoms with Gasteiger partial charge in [0.15, 0.2) is 0 Å². The highest BCUT2D eigenvalue weighted by Crippen LogP contribution is 2.07. The van der Waals surface area contributed by atoms with Gasteiger partial charge in [-0.25, -0.2) is 4.79 Å². The van der Waals surface area contributed by atoms with Crippen molar-refractivity contribution < 1.29 is 23.9 Å². The number of carbonyl (C=O) groups excluding carboxylic acids is 3. The van der Waals surface area contributed by atoms with E-state index in [2.05, 4.69) is 14.8 Å². The number of ether oxygens (including phenoxy) is 1. The summed E-state index contributed by atoms with van der Waals surface area (Å²) in [5, 5.41) is 2.22. The molecule has 0 aliphatic rings. The molecule has 0 aromatic heterocycles. The summed E-state index contributed by atoms with van der Waals surface area (Å²) >= 11 is 1.34. The van der Waals surface area contributed by atoms with Crippen LogP contribution in [-0.2, 0) is 19.1 Å². The first kappa shape index (κ1) is 17.3. The fourth-order valence-electron chi connectivity index (χ4n) is 1.20. The Bertz CT molecular complexity index is 393. The lowest BCUT2D eigenvalue weighted by Crippen LogP contribution is -2.44. The molecule has 0 spiro atoms. The number of carbonyl (C=O) groups is 3. The summed E-state index contributed by atoms with van der Waals surface area (Å²) in [6.45, 7) is 1.71. The first-order valence-corrected chi connectivity index (χ1v) is 6.86. The van der Waals surface area contributed by atoms with Crippen LogP contribution in [0.25, 0.3) is 5.53 Å². The molecule has 0 aliphatic carbocycles. The number of thioether (sulfide) groups is 1. The van der Waals surface area contributed by atoms with Crippen molar-refractivity contribution in [1.29, 1.82) is 0 Å². The van der Waals surface area contributed by atoms with Crippen LogP contribution < -0.4 is 5.32 Å². The Balaban J connectivity index is 4.56. The van der Waals surface area contributed by atoms with Gasteiger partial charge in [0.2, 0.25) is 11.7 Å². The van der Waals surface area contributed by atoms with Crippen LogP contribution in [0.15, 0.2) is 0 Å². The predicted octanol–water partition coefficient (Wildman–Crippen LogP) is 0.0456. The van der Waals surface area contributed by atoms with Crippen LogP contribution in [0.1, 0.15) is 19.8 Å². The molecule has 7 nitrogen and oxygen atoms in total. The zero-order valence-corrected chi connectivity index (χ0v) is 11.9. The largest absolute Gasteiger partial charge is 0.467 e. The molecule has 1 amide bonds. The summed E-state index contributed by atoms with van der Waals surface area (Å²) in [4.78, 5) is 36.9. The van der Waals surface area contributed by atoms with E-state index in [-0.39, 0.29) is 24.0 Å². The Labute approximate surface area is 115 Å². The van der Waals surface area contributed by atoms with Crippen molar-refractivity contribution in [3.63, 3.8) is 0 Å². The van der Waals surface area contributed by atoms with E-state index >= 15 is 0 Å². The van der Waals surface area contributed by atoms with E-state index < -0.39 is 17.8 Å². The first-order chi connectivity index (χ1) is 8.96. The number of Topliss-reactive ketones (excluding diaryl/α,β-unsaturated/α-hetero) is 1. The van der Waals surface area contributed by atoms with Crippen molar-refractivity contribution in [2.45, 2.75) is 31.1 Å². The summed E-state index contributed by atoms with van der Waals surface area (Å²) in [6.07, 6.45) is 2.58. The molecule has 0 saturated carbocycles. The Hall–Kier alpha value is -1.66. The number of hydrogen-bond donors (Lipinski definition) is 1. The fraction of sp³-hybridized carbons (Fsp3) is 0.636. The lowest BCUT2D eigenvalue weighted by Gasteiger charge is -2.17. The van der Waals surface area contributed by atoms with E-state index in [4.69, 9.17) is 5.53 Å². The third-order valence-corrected chi connectivity index (χ3v) is 3.33. The molecule has 0 heterocycles. The molecule has 0 fully saturated rings. The van der Waals surface area contributed by atoms with Crippen LogP contribution in [-0.4, -0.2) is 53.3 Å². The minimum absolute atomic E-state index is 0.0300. The topological polar surface area (TPSA) is 109 Å². The second kappa shape index (κ2) is 9.29. The Morgan fingerprint density at radius 1 is 1.47 bits per heavy atom. The number of rotatable bonds is 8. The Morgan fingerprint density at radius 3 is 2.58 bits per heavy atom. The van der Waals surface area contributed by atoms with Gasteiger partial charge in [-0.2, -0.15) is 16.6 Å². The predicted molar refractivity (Wildman–Crippen MR) is 70.8 cm³/mol. The number of ketones is 1. The van der Waals surface area contributed by atoms with Gasteiger partial charge in [-0.1, -0.05) is 0 Å². The number of methoxy groups -OCH3 is 1. The molecule has 0 radical (unpaired) electrons. The van der Waals surface area contributed by atoms with Gasteiger partial charge in [-0.15, -0.1) is 0 Å². The lowest BCUT2D eigenvalue weighted by atomic mass is 10.1. The van der Waals surface area contributed by atoms with Crippen LogP contribution in [0.2, 0.25) is 0 Å². The molecule has 0 aliphatic heterocycles. The van der Waals surface area contributed by atoms with E-state index in [1.165, 1.54) is 18.9 Å². The quantitative estimate of drug-likeness (QED) is 0.293. The van der Waals surface area contributed by atoms with E-state index in [0.29, 0.717) is 0 Å². The third-order valence-electron chi connectivity index (χ3n) is 2.41. The Kier molecular flexibility index (Phi) is 8.48. The molecule has 2 atom stereocenters. The van der Waals surface area contributed by atoms with Gasteiger partial charge in [0, 0.05) is 6.42 Å². The molecule has 0 bridgehead atoms. The molecular weight excluding hydrogens is 270 g/mol. The van der Waals surface area contributed by atoms with Crippen LogP contribution in [0, 0.1) is 0 Å². The molecule has 106 valence electrons. The minimum atomic E-state index is -0.886. The molecule has 1 N–H and O–H groups in total. The zero-order valence-electron chi connectivity index (χ0n) is 11.1. The van der Waals surface area contributed by atoms with Crippen molar-refractivity contribution in [3.8, 4) is 0 Å². The first-order valence-electron chi connectivity index (χ1n) is 5.57. The van der Waals surface area contributed by atoms with E-state index in [1.54, 1.807) is 13.2 Å². The summed E-state index contributed by atoms with van der Waals surface area (Å²) in [7, 11) is 1.20. The molecule has 8 heteroatoms. The monoisotopic (exact) mass is 287 g/mol. The second-order valence-corrected chi connectivity index (χ2v) is 4.89. The molecular formula is C11H17N3O4S. The van der Waals surface area contributed by atoms with Crippen molar-refractivity contribution in [2.75, 3.05) is 13.4 Å². The number of nitrogens with one attached hydrogen (secondary N) is 1. The zero-order chi connectivity index (χ0) is 14.8. The number of nitrogens with zero attached hydrogens (tertiary/aromatic N) is 2. The molecule has 0 saturated heterocycles. The summed E-state index contributed by atoms with van der Waals surface area (Å²) < 4.78 is 4.56. The van der Waals surface area contributed by atoms with Gasteiger partial charge in [-0.05, 0) is 19.6 Å². The maximum atomic E-state index is 11.7. The van der Waals surface area contributed by atoms with Crippen LogP contribution in [0.3, 0.4) is 0 Å². The van der Waals surface area contributed by atoms with Crippen LogP contribution in [0.5, 0.6) is 0 Å². The standard InChI is InChI=1S/C11H17N3O4S/c1-7(19-3)10(16)14-9(11(17)18-2)5-4-8(15)6-13-12/h6-7,9H,4-5H2,1-3H3,(H,14,16)/t7-,9-/m0/s1. The van der Waals surface area contributed by atoms with Crippen LogP contribution in [0.4, 0.5) is 0 Å². The normalized spacial score (nSPS) is 12.8. The molecule has 19 heavy (non-hydrogen) atoms. The maximum absolute atomic E-state index is 11.7. The average molecular weight is 287 g/mol. The summed E-state index contributed by atoms with van der Waals surface area (Å²) in [6, 6.07) is -0.886. The highest BCUT2D eigenvalue weighted by molar-refractivity contribution is 7.99. The van der Waals surface area contributed by atoms with Gasteiger partial charge in [0.1, 0.15) is 6.04 Å². The Morgan fingerprint density at radius 2 is 2.11 bits per heavy atom. The maximum Gasteiger partial charge on any atom is 0.328 e. The smallest absolute Gasteiger partial charge is 0.328 e. The molecule has 0 aromatic rings. The third kappa shape index (κ3) is 6.73. The van der Waals surface area contributed by atoms with Crippen molar-refractivity contribution in [3.05, 3.63) is 5.53 Å². The minimum Gasteiger partial charge on any atom is -0.467 e. The second-order valence-electron chi connectivity index (χ2n) is 3.71. The highest BCUT2D eigenvalue weighted by atomic mass is 32.2. The van der Waals surface area contributed by atoms with E-state index in [1.807, 2.05) is 0 Å². The number of hydrogen-bond acceptors (Lipinski definition) is 5. The van der Waals surface area contributed by atoms with Gasteiger partial charge in [-0.3, -0.25) is 9.59 Å². The van der Waals surface area contributed by atoms with Gasteiger partial charge < -0.3 is 15.6 Å². The average Bonchev–Trinajstić information content (AvgIpc) is 2.41. The molecule has 0 rings (SSSR count). The van der Waals surface area contributed by atoms with Crippen molar-refractivity contribution >= 4 is 35.6 Å².